The molecule has 0 saturated heterocycles. The Morgan fingerprint density at radius 1 is 0.290 bits per heavy atom. The van der Waals surface area contributed by atoms with Gasteiger partial charge in [0.25, 0.3) is 0 Å². The topological polar surface area (TPSA) is 61.4 Å². The molecule has 6 heteroatoms. The molecule has 0 bridgehead atoms. The maximum atomic E-state index is 5.46. The van der Waals surface area contributed by atoms with Gasteiger partial charge in [0.15, 0.2) is 11.6 Å². The van der Waals surface area contributed by atoms with Gasteiger partial charge < -0.3 is 0 Å². The second kappa shape index (κ2) is 14.7. The maximum absolute atomic E-state index is 5.46. The monoisotopic (exact) mass is 792 g/mol. The zero-order valence-electron chi connectivity index (χ0n) is 33.5. The summed E-state index contributed by atoms with van der Waals surface area (Å²) >= 11 is 0. The van der Waals surface area contributed by atoms with Gasteiger partial charge in [-0.1, -0.05) is 188 Å². The predicted octanol–water partition coefficient (Wildman–Crippen LogP) is 13.8. The van der Waals surface area contributed by atoms with Crippen molar-refractivity contribution in [1.82, 2.24) is 29.1 Å². The number of rotatable bonds is 7. The van der Waals surface area contributed by atoms with Crippen LogP contribution >= 0.6 is 0 Å². The van der Waals surface area contributed by atoms with Crippen molar-refractivity contribution in [3.05, 3.63) is 218 Å². The van der Waals surface area contributed by atoms with Crippen LogP contribution in [0.25, 0.3) is 112 Å². The zero-order valence-corrected chi connectivity index (χ0v) is 33.5. The summed E-state index contributed by atoms with van der Waals surface area (Å²) in [6.45, 7) is 0. The van der Waals surface area contributed by atoms with Crippen LogP contribution in [0.4, 0.5) is 0 Å². The largest absolute Gasteiger partial charge is 0.293 e. The first-order valence-corrected chi connectivity index (χ1v) is 20.8. The number of benzene rings is 8. The van der Waals surface area contributed by atoms with E-state index in [-0.39, 0.29) is 0 Å². The summed E-state index contributed by atoms with van der Waals surface area (Å²) in [4.78, 5) is 21.1. The smallest absolute Gasteiger partial charge is 0.238 e. The molecule has 0 aliphatic carbocycles. The van der Waals surface area contributed by atoms with E-state index in [1.165, 1.54) is 0 Å². The molecule has 0 aliphatic rings. The summed E-state index contributed by atoms with van der Waals surface area (Å²) in [5.74, 6) is 2.59. The van der Waals surface area contributed by atoms with Crippen LogP contribution in [0.3, 0.4) is 0 Å². The van der Waals surface area contributed by atoms with Crippen molar-refractivity contribution < 1.29 is 0 Å². The number of nitrogens with zero attached hydrogens (tertiary/aromatic N) is 6. The van der Waals surface area contributed by atoms with E-state index in [9.17, 15) is 0 Å². The molecule has 62 heavy (non-hydrogen) atoms. The SMILES string of the molecule is c1ccc(-c2ccc(-c3nc(-c4ccccc4)nc(-n4c5ccccc5c5c4ccc4c6ccccc6n(-c6cc(-c7ccccc7)cc(-c7ccccc7)n6)c45)n3)cc2)cc1. The van der Waals surface area contributed by atoms with E-state index in [0.29, 0.717) is 17.6 Å². The first kappa shape index (κ1) is 35.5. The van der Waals surface area contributed by atoms with Crippen LogP contribution in [0.5, 0.6) is 0 Å². The van der Waals surface area contributed by atoms with Crippen LogP contribution in [0.2, 0.25) is 0 Å². The molecule has 0 fully saturated rings. The molecule has 0 saturated carbocycles. The molecule has 0 amide bonds. The third kappa shape index (κ3) is 5.96. The summed E-state index contributed by atoms with van der Waals surface area (Å²) in [7, 11) is 0. The Bertz CT molecular complexity index is 3540. The Kier molecular flexibility index (Phi) is 8.38. The molecule has 8 aromatic carbocycles. The zero-order chi connectivity index (χ0) is 41.0. The summed E-state index contributed by atoms with van der Waals surface area (Å²) < 4.78 is 4.55. The Labute approximate surface area is 357 Å². The van der Waals surface area contributed by atoms with Gasteiger partial charge in [0.05, 0.1) is 27.8 Å². The van der Waals surface area contributed by atoms with Gasteiger partial charge in [0.2, 0.25) is 5.95 Å². The number of hydrogen-bond donors (Lipinski definition) is 0. The van der Waals surface area contributed by atoms with E-state index >= 15 is 0 Å². The van der Waals surface area contributed by atoms with Crippen molar-refractivity contribution in [3.8, 4) is 68.1 Å². The van der Waals surface area contributed by atoms with E-state index in [2.05, 4.69) is 197 Å². The molecule has 0 spiro atoms. The van der Waals surface area contributed by atoms with Gasteiger partial charge in [-0.15, -0.1) is 0 Å². The number of aromatic nitrogens is 6. The lowest BCUT2D eigenvalue weighted by Gasteiger charge is -2.14. The van der Waals surface area contributed by atoms with Gasteiger partial charge in [-0.2, -0.15) is 9.97 Å². The van der Waals surface area contributed by atoms with Gasteiger partial charge in [0.1, 0.15) is 5.82 Å². The summed E-state index contributed by atoms with van der Waals surface area (Å²) in [5, 5.41) is 4.49. The van der Waals surface area contributed by atoms with E-state index in [1.807, 2.05) is 30.3 Å². The molecule has 290 valence electrons. The van der Waals surface area contributed by atoms with Gasteiger partial charge in [-0.3, -0.25) is 9.13 Å². The molecule has 0 radical (unpaired) electrons. The van der Waals surface area contributed by atoms with Crippen LogP contribution in [0, 0.1) is 0 Å². The minimum absolute atomic E-state index is 0.546. The van der Waals surface area contributed by atoms with Crippen molar-refractivity contribution in [2.24, 2.45) is 0 Å². The Hall–Kier alpha value is -8.48. The normalized spacial score (nSPS) is 11.5. The molecule has 0 atom stereocenters. The molecule has 0 unspecified atom stereocenters. The summed E-state index contributed by atoms with van der Waals surface area (Å²) in [6.07, 6.45) is 0. The Morgan fingerprint density at radius 3 is 1.42 bits per heavy atom. The number of hydrogen-bond acceptors (Lipinski definition) is 4. The minimum Gasteiger partial charge on any atom is -0.293 e. The minimum atomic E-state index is 0.546. The summed E-state index contributed by atoms with van der Waals surface area (Å²) in [6, 6.07) is 76.1. The molecule has 4 heterocycles. The highest BCUT2D eigenvalue weighted by Gasteiger charge is 2.24. The second-order valence-electron chi connectivity index (χ2n) is 15.5. The number of fused-ring (bicyclic) bond motifs is 7. The molecular formula is C56H36N6. The molecular weight excluding hydrogens is 757 g/mol. The van der Waals surface area contributed by atoms with E-state index < -0.39 is 0 Å². The van der Waals surface area contributed by atoms with Crippen LogP contribution in [0.15, 0.2) is 218 Å². The molecule has 12 aromatic rings. The quantitative estimate of drug-likeness (QED) is 0.161. The van der Waals surface area contributed by atoms with Crippen molar-refractivity contribution in [2.45, 2.75) is 0 Å². The van der Waals surface area contributed by atoms with Crippen molar-refractivity contribution in [1.29, 1.82) is 0 Å². The van der Waals surface area contributed by atoms with E-state index in [4.69, 9.17) is 19.9 Å². The fourth-order valence-electron chi connectivity index (χ4n) is 8.90. The Morgan fingerprint density at radius 2 is 0.774 bits per heavy atom. The lowest BCUT2D eigenvalue weighted by atomic mass is 10.0. The Balaban J connectivity index is 1.14. The van der Waals surface area contributed by atoms with Crippen LogP contribution in [-0.4, -0.2) is 29.1 Å². The fourth-order valence-corrected chi connectivity index (χ4v) is 8.90. The lowest BCUT2D eigenvalue weighted by molar-refractivity contribution is 0.953. The maximum Gasteiger partial charge on any atom is 0.238 e. The average Bonchev–Trinajstić information content (AvgIpc) is 3.88. The summed E-state index contributed by atoms with van der Waals surface area (Å²) in [5.41, 5.74) is 12.4. The third-order valence-electron chi connectivity index (χ3n) is 11.8. The highest BCUT2D eigenvalue weighted by molar-refractivity contribution is 6.26. The van der Waals surface area contributed by atoms with Gasteiger partial charge >= 0.3 is 0 Å². The lowest BCUT2D eigenvalue weighted by Crippen LogP contribution is -2.06. The van der Waals surface area contributed by atoms with Gasteiger partial charge in [-0.25, -0.2) is 9.97 Å². The highest BCUT2D eigenvalue weighted by Crippen LogP contribution is 2.42. The number of pyridine rings is 1. The first-order chi connectivity index (χ1) is 30.7. The molecule has 12 rings (SSSR count). The van der Waals surface area contributed by atoms with Crippen molar-refractivity contribution in [2.75, 3.05) is 0 Å². The number of para-hydroxylation sites is 2. The molecule has 0 N–H and O–H groups in total. The van der Waals surface area contributed by atoms with E-state index in [1.54, 1.807) is 0 Å². The van der Waals surface area contributed by atoms with Crippen LogP contribution in [0.1, 0.15) is 0 Å². The van der Waals surface area contributed by atoms with Crippen LogP contribution in [-0.2, 0) is 0 Å². The predicted molar refractivity (Wildman–Crippen MR) is 253 cm³/mol. The van der Waals surface area contributed by atoms with Crippen molar-refractivity contribution in [3.63, 3.8) is 0 Å². The first-order valence-electron chi connectivity index (χ1n) is 20.8. The van der Waals surface area contributed by atoms with Crippen molar-refractivity contribution >= 4 is 43.6 Å². The molecule has 4 aromatic heterocycles. The van der Waals surface area contributed by atoms with Gasteiger partial charge in [-0.05, 0) is 52.6 Å². The van der Waals surface area contributed by atoms with Gasteiger partial charge in [0, 0.05) is 38.2 Å². The molecule has 6 nitrogen and oxygen atoms in total. The van der Waals surface area contributed by atoms with E-state index in [0.717, 1.165) is 94.1 Å². The standard InChI is InChI=1S/C56H36N6/c1-5-17-37(18-6-1)39-29-31-42(32-30-39)55-58-54(41-23-11-4-12-24-41)59-56(60-55)61-49-28-16-14-26-46(49)52-50(61)34-33-45-44-25-13-15-27-48(44)62(53(45)52)51-36-43(38-19-7-2-8-20-38)35-47(57-51)40-21-9-3-10-22-40/h1-36H. The fraction of sp³-hybridized carbons (Fsp3) is 0. The highest BCUT2D eigenvalue weighted by atomic mass is 15.2. The second-order valence-corrected chi connectivity index (χ2v) is 15.5. The third-order valence-corrected chi connectivity index (χ3v) is 11.8. The molecule has 0 aliphatic heterocycles. The van der Waals surface area contributed by atoms with Crippen LogP contribution < -0.4 is 0 Å². The average molecular weight is 793 g/mol.